The zero-order chi connectivity index (χ0) is 11.7. The molecule has 1 aliphatic heterocycles. The van der Waals surface area contributed by atoms with E-state index in [9.17, 15) is 0 Å². The summed E-state index contributed by atoms with van der Waals surface area (Å²) >= 11 is 3.47. The van der Waals surface area contributed by atoms with Gasteiger partial charge < -0.3 is 4.90 Å². The van der Waals surface area contributed by atoms with E-state index in [1.165, 1.54) is 18.4 Å². The van der Waals surface area contributed by atoms with Gasteiger partial charge in [0.15, 0.2) is 0 Å². The minimum Gasteiger partial charge on any atom is -0.353 e. The van der Waals surface area contributed by atoms with Crippen LogP contribution in [-0.2, 0) is 0 Å². The zero-order valence-corrected chi connectivity index (χ0v) is 11.8. The van der Waals surface area contributed by atoms with Gasteiger partial charge in [0.2, 0.25) is 0 Å². The molecule has 1 saturated heterocycles. The van der Waals surface area contributed by atoms with Crippen molar-refractivity contribution in [3.05, 3.63) is 22.3 Å². The molecular weight excluding hydrogens is 264 g/mol. The fourth-order valence-corrected chi connectivity index (χ4v) is 2.91. The monoisotopic (exact) mass is 282 g/mol. The Hall–Kier alpha value is -0.570. The van der Waals surface area contributed by atoms with Crippen molar-refractivity contribution in [2.24, 2.45) is 5.92 Å². The first-order chi connectivity index (χ1) is 7.59. The highest BCUT2D eigenvalue weighted by atomic mass is 79.9. The third kappa shape index (κ3) is 2.24. The number of aromatic nitrogens is 1. The van der Waals surface area contributed by atoms with Gasteiger partial charge in [-0.15, -0.1) is 0 Å². The van der Waals surface area contributed by atoms with Gasteiger partial charge in [0.25, 0.3) is 0 Å². The Kier molecular flexibility index (Phi) is 3.53. The van der Waals surface area contributed by atoms with E-state index in [4.69, 9.17) is 0 Å². The van der Waals surface area contributed by atoms with E-state index in [0.29, 0.717) is 6.04 Å². The lowest BCUT2D eigenvalue weighted by Crippen LogP contribution is -2.43. The Labute approximate surface area is 106 Å². The molecule has 0 spiro atoms. The summed E-state index contributed by atoms with van der Waals surface area (Å²) in [6, 6.07) is 2.75. The zero-order valence-electron chi connectivity index (χ0n) is 10.2. The molecule has 0 saturated carbocycles. The van der Waals surface area contributed by atoms with Crippen LogP contribution in [-0.4, -0.2) is 17.6 Å². The summed E-state index contributed by atoms with van der Waals surface area (Å²) in [5.41, 5.74) is 1.26. The number of hydrogen-bond donors (Lipinski definition) is 0. The fraction of sp³-hybridized carbons (Fsp3) is 0.615. The molecule has 0 aliphatic carbocycles. The summed E-state index contributed by atoms with van der Waals surface area (Å²) in [6.45, 7) is 7.93. The fourth-order valence-electron chi connectivity index (χ4n) is 2.47. The summed E-state index contributed by atoms with van der Waals surface area (Å²) in [4.78, 5) is 7.02. The lowest BCUT2D eigenvalue weighted by molar-refractivity contribution is 0.361. The summed E-state index contributed by atoms with van der Waals surface area (Å²) < 4.78 is 1.06. The van der Waals surface area contributed by atoms with Crippen molar-refractivity contribution in [1.29, 1.82) is 0 Å². The summed E-state index contributed by atoms with van der Waals surface area (Å²) in [7, 11) is 0. The average Bonchev–Trinajstić information content (AvgIpc) is 2.23. The number of aryl methyl sites for hydroxylation is 1. The van der Waals surface area contributed by atoms with E-state index >= 15 is 0 Å². The molecule has 16 heavy (non-hydrogen) atoms. The molecule has 2 rings (SSSR count). The highest BCUT2D eigenvalue weighted by Crippen LogP contribution is 2.29. The Morgan fingerprint density at radius 2 is 2.19 bits per heavy atom. The van der Waals surface area contributed by atoms with E-state index in [0.717, 1.165) is 22.8 Å². The van der Waals surface area contributed by atoms with E-state index in [-0.39, 0.29) is 0 Å². The van der Waals surface area contributed by atoms with Crippen molar-refractivity contribution >= 4 is 21.7 Å². The quantitative estimate of drug-likeness (QED) is 0.779. The maximum Gasteiger partial charge on any atom is 0.131 e. The van der Waals surface area contributed by atoms with E-state index < -0.39 is 0 Å². The summed E-state index contributed by atoms with van der Waals surface area (Å²) in [5.74, 6) is 1.92. The lowest BCUT2D eigenvalue weighted by atomic mass is 9.92. The van der Waals surface area contributed by atoms with Crippen LogP contribution in [0.2, 0.25) is 0 Å². The van der Waals surface area contributed by atoms with Gasteiger partial charge in [-0.05, 0) is 60.2 Å². The smallest absolute Gasteiger partial charge is 0.131 e. The van der Waals surface area contributed by atoms with Crippen LogP contribution >= 0.6 is 15.9 Å². The van der Waals surface area contributed by atoms with Crippen LogP contribution in [0.1, 0.15) is 32.3 Å². The topological polar surface area (TPSA) is 16.1 Å². The van der Waals surface area contributed by atoms with Gasteiger partial charge in [-0.1, -0.05) is 6.92 Å². The van der Waals surface area contributed by atoms with Gasteiger partial charge in [0.1, 0.15) is 5.82 Å². The Morgan fingerprint density at radius 1 is 1.44 bits per heavy atom. The van der Waals surface area contributed by atoms with Crippen LogP contribution in [0.5, 0.6) is 0 Å². The minimum absolute atomic E-state index is 0.598. The maximum atomic E-state index is 4.57. The Morgan fingerprint density at radius 3 is 2.88 bits per heavy atom. The maximum absolute atomic E-state index is 4.57. The van der Waals surface area contributed by atoms with Crippen LogP contribution in [0.3, 0.4) is 0 Å². The third-order valence-electron chi connectivity index (χ3n) is 3.66. The first kappa shape index (κ1) is 11.9. The van der Waals surface area contributed by atoms with Crippen molar-refractivity contribution in [1.82, 2.24) is 4.98 Å². The predicted octanol–water partition coefficient (Wildman–Crippen LogP) is 3.78. The number of rotatable bonds is 1. The van der Waals surface area contributed by atoms with Gasteiger partial charge in [-0.2, -0.15) is 0 Å². The molecule has 0 bridgehead atoms. The first-order valence-electron chi connectivity index (χ1n) is 5.98. The van der Waals surface area contributed by atoms with Crippen molar-refractivity contribution in [2.45, 2.75) is 39.7 Å². The second-order valence-electron chi connectivity index (χ2n) is 4.85. The van der Waals surface area contributed by atoms with Crippen LogP contribution in [0.25, 0.3) is 0 Å². The number of hydrogen-bond acceptors (Lipinski definition) is 2. The third-order valence-corrected chi connectivity index (χ3v) is 4.10. The van der Waals surface area contributed by atoms with E-state index in [1.807, 2.05) is 6.20 Å². The number of piperidine rings is 1. The molecule has 0 amide bonds. The standard InChI is InChI=1S/C13H19BrN2/c1-9-5-4-6-16(11(9)3)13-10(2)7-12(14)8-15-13/h7-9,11H,4-6H2,1-3H3. The molecule has 88 valence electrons. The molecule has 0 radical (unpaired) electrons. The Bertz CT molecular complexity index is 378. The van der Waals surface area contributed by atoms with Crippen LogP contribution < -0.4 is 4.90 Å². The van der Waals surface area contributed by atoms with E-state index in [2.05, 4.69) is 52.7 Å². The second-order valence-corrected chi connectivity index (χ2v) is 5.76. The molecule has 2 heterocycles. The minimum atomic E-state index is 0.598. The molecule has 1 aromatic rings. The molecule has 1 aromatic heterocycles. The van der Waals surface area contributed by atoms with Crippen molar-refractivity contribution in [3.8, 4) is 0 Å². The number of pyridine rings is 1. The van der Waals surface area contributed by atoms with Gasteiger partial charge in [0.05, 0.1) is 0 Å². The SMILES string of the molecule is Cc1cc(Br)cnc1N1CCCC(C)C1C. The molecule has 2 nitrogen and oxygen atoms in total. The number of nitrogens with zero attached hydrogens (tertiary/aromatic N) is 2. The highest BCUT2D eigenvalue weighted by Gasteiger charge is 2.26. The molecule has 2 atom stereocenters. The average molecular weight is 283 g/mol. The molecule has 3 heteroatoms. The highest BCUT2D eigenvalue weighted by molar-refractivity contribution is 9.10. The summed E-state index contributed by atoms with van der Waals surface area (Å²) in [6.07, 6.45) is 4.52. The van der Waals surface area contributed by atoms with Gasteiger partial charge in [0, 0.05) is 23.3 Å². The largest absolute Gasteiger partial charge is 0.353 e. The van der Waals surface area contributed by atoms with Gasteiger partial charge in [-0.3, -0.25) is 0 Å². The molecular formula is C13H19BrN2. The van der Waals surface area contributed by atoms with Gasteiger partial charge >= 0.3 is 0 Å². The predicted molar refractivity (Wildman–Crippen MR) is 71.9 cm³/mol. The van der Waals surface area contributed by atoms with Crippen molar-refractivity contribution in [2.75, 3.05) is 11.4 Å². The second kappa shape index (κ2) is 4.74. The van der Waals surface area contributed by atoms with Crippen molar-refractivity contribution in [3.63, 3.8) is 0 Å². The Balaban J connectivity index is 2.29. The lowest BCUT2D eigenvalue weighted by Gasteiger charge is -2.39. The normalized spacial score (nSPS) is 25.9. The van der Waals surface area contributed by atoms with Gasteiger partial charge in [-0.25, -0.2) is 4.98 Å². The molecule has 2 unspecified atom stereocenters. The van der Waals surface area contributed by atoms with Crippen LogP contribution in [0, 0.1) is 12.8 Å². The first-order valence-corrected chi connectivity index (χ1v) is 6.77. The molecule has 0 N–H and O–H groups in total. The molecule has 0 aromatic carbocycles. The number of anilines is 1. The molecule has 1 fully saturated rings. The number of halogens is 1. The summed E-state index contributed by atoms with van der Waals surface area (Å²) in [5, 5.41) is 0. The van der Waals surface area contributed by atoms with Crippen LogP contribution in [0.15, 0.2) is 16.7 Å². The molecule has 1 aliphatic rings. The van der Waals surface area contributed by atoms with Crippen molar-refractivity contribution < 1.29 is 0 Å². The van der Waals surface area contributed by atoms with Crippen LogP contribution in [0.4, 0.5) is 5.82 Å². The van der Waals surface area contributed by atoms with E-state index in [1.54, 1.807) is 0 Å².